The Bertz CT molecular complexity index is 473. The highest BCUT2D eigenvalue weighted by Crippen LogP contribution is 2.26. The molecule has 17 heavy (non-hydrogen) atoms. The van der Waals surface area contributed by atoms with Gasteiger partial charge < -0.3 is 0 Å². The standard InChI is InChI=1S/C13H10BrNO.BrH/c14-12(11-7-4-8-15-9-11)13(16)10-5-2-1-3-6-10;/h1-9,12H;1H. The van der Waals surface area contributed by atoms with Crippen LogP contribution in [0.15, 0.2) is 54.9 Å². The van der Waals surface area contributed by atoms with Gasteiger partial charge in [0.25, 0.3) is 0 Å². The van der Waals surface area contributed by atoms with Gasteiger partial charge >= 0.3 is 0 Å². The summed E-state index contributed by atoms with van der Waals surface area (Å²) in [6.45, 7) is 0. The zero-order valence-corrected chi connectivity index (χ0v) is 12.2. The smallest absolute Gasteiger partial charge is 0.180 e. The lowest BCUT2D eigenvalue weighted by Crippen LogP contribution is -2.06. The molecule has 0 saturated heterocycles. The monoisotopic (exact) mass is 355 g/mol. The first kappa shape index (κ1) is 14.1. The molecule has 1 aromatic carbocycles. The van der Waals surface area contributed by atoms with Crippen molar-refractivity contribution in [2.75, 3.05) is 0 Å². The Hall–Kier alpha value is -1.00. The summed E-state index contributed by atoms with van der Waals surface area (Å²) in [4.78, 5) is 15.7. The molecule has 0 aliphatic carbocycles. The molecule has 88 valence electrons. The van der Waals surface area contributed by atoms with E-state index in [4.69, 9.17) is 0 Å². The first-order valence-electron chi connectivity index (χ1n) is 4.92. The zero-order chi connectivity index (χ0) is 11.4. The first-order valence-corrected chi connectivity index (χ1v) is 5.84. The summed E-state index contributed by atoms with van der Waals surface area (Å²) in [7, 11) is 0. The molecule has 0 spiro atoms. The van der Waals surface area contributed by atoms with Gasteiger partial charge in [-0.05, 0) is 11.6 Å². The number of ketones is 1. The average Bonchev–Trinajstić information content (AvgIpc) is 2.39. The van der Waals surface area contributed by atoms with Crippen molar-refractivity contribution in [1.29, 1.82) is 0 Å². The van der Waals surface area contributed by atoms with Gasteiger partial charge in [0.05, 0.1) is 0 Å². The Balaban J connectivity index is 0.00000144. The van der Waals surface area contributed by atoms with Gasteiger partial charge in [-0.2, -0.15) is 0 Å². The number of rotatable bonds is 3. The van der Waals surface area contributed by atoms with Gasteiger partial charge in [-0.25, -0.2) is 0 Å². The number of halogens is 2. The molecule has 2 aromatic rings. The molecule has 1 heterocycles. The number of carbonyl (C=O) groups excluding carboxylic acids is 1. The van der Waals surface area contributed by atoms with Crippen LogP contribution < -0.4 is 0 Å². The maximum atomic E-state index is 12.1. The van der Waals surface area contributed by atoms with E-state index < -0.39 is 0 Å². The summed E-state index contributed by atoms with van der Waals surface area (Å²) in [6, 6.07) is 12.9. The molecule has 0 saturated carbocycles. The van der Waals surface area contributed by atoms with Crippen molar-refractivity contribution >= 4 is 38.7 Å². The molecule has 0 N–H and O–H groups in total. The van der Waals surface area contributed by atoms with Crippen LogP contribution >= 0.6 is 32.9 Å². The molecule has 1 unspecified atom stereocenters. The maximum Gasteiger partial charge on any atom is 0.180 e. The molecular formula is C13H11Br2NO. The molecule has 2 nitrogen and oxygen atoms in total. The highest BCUT2D eigenvalue weighted by Gasteiger charge is 2.18. The van der Waals surface area contributed by atoms with Crippen molar-refractivity contribution in [3.8, 4) is 0 Å². The van der Waals surface area contributed by atoms with Gasteiger partial charge in [-0.15, -0.1) is 17.0 Å². The number of carbonyl (C=O) groups is 1. The fourth-order valence-electron chi connectivity index (χ4n) is 1.43. The highest BCUT2D eigenvalue weighted by molar-refractivity contribution is 9.09. The molecule has 0 radical (unpaired) electrons. The number of benzene rings is 1. The lowest BCUT2D eigenvalue weighted by molar-refractivity contribution is 0.0991. The average molecular weight is 357 g/mol. The fraction of sp³-hybridized carbons (Fsp3) is 0.0769. The Morgan fingerprint density at radius 2 is 1.82 bits per heavy atom. The lowest BCUT2D eigenvalue weighted by Gasteiger charge is -2.08. The van der Waals surface area contributed by atoms with Crippen LogP contribution in [-0.2, 0) is 0 Å². The van der Waals surface area contributed by atoms with Crippen molar-refractivity contribution in [1.82, 2.24) is 4.98 Å². The third kappa shape index (κ3) is 3.48. The van der Waals surface area contributed by atoms with E-state index in [2.05, 4.69) is 20.9 Å². The molecule has 4 heteroatoms. The van der Waals surface area contributed by atoms with Crippen molar-refractivity contribution in [3.05, 3.63) is 66.0 Å². The molecule has 1 aromatic heterocycles. The number of nitrogens with zero attached hydrogens (tertiary/aromatic N) is 1. The summed E-state index contributed by atoms with van der Waals surface area (Å²) >= 11 is 3.40. The molecule has 0 aliphatic heterocycles. The van der Waals surface area contributed by atoms with Crippen LogP contribution in [-0.4, -0.2) is 10.8 Å². The Morgan fingerprint density at radius 1 is 1.12 bits per heavy atom. The number of hydrogen-bond donors (Lipinski definition) is 0. The highest BCUT2D eigenvalue weighted by atomic mass is 79.9. The van der Waals surface area contributed by atoms with Gasteiger partial charge in [0.15, 0.2) is 5.78 Å². The Morgan fingerprint density at radius 3 is 2.41 bits per heavy atom. The van der Waals surface area contributed by atoms with E-state index in [-0.39, 0.29) is 27.6 Å². The number of pyridine rings is 1. The van der Waals surface area contributed by atoms with Gasteiger partial charge in [0.1, 0.15) is 4.83 Å². The molecule has 1 atom stereocenters. The molecule has 0 aliphatic rings. The van der Waals surface area contributed by atoms with E-state index in [1.54, 1.807) is 12.4 Å². The Labute approximate surface area is 119 Å². The van der Waals surface area contributed by atoms with E-state index in [0.29, 0.717) is 5.56 Å². The van der Waals surface area contributed by atoms with Crippen molar-refractivity contribution in [2.24, 2.45) is 0 Å². The molecule has 0 amide bonds. The minimum atomic E-state index is -0.330. The van der Waals surface area contributed by atoms with E-state index in [9.17, 15) is 4.79 Å². The molecule has 0 bridgehead atoms. The second-order valence-electron chi connectivity index (χ2n) is 3.38. The Kier molecular flexibility index (Phi) is 5.51. The molecular weight excluding hydrogens is 346 g/mol. The predicted molar refractivity (Wildman–Crippen MR) is 77.0 cm³/mol. The van der Waals surface area contributed by atoms with Gasteiger partial charge in [0, 0.05) is 18.0 Å². The van der Waals surface area contributed by atoms with Gasteiger partial charge in [-0.1, -0.05) is 52.3 Å². The van der Waals surface area contributed by atoms with Crippen LogP contribution in [0.2, 0.25) is 0 Å². The predicted octanol–water partition coefficient (Wildman–Crippen LogP) is 3.98. The normalized spacial score (nSPS) is 11.4. The third-order valence-corrected chi connectivity index (χ3v) is 3.21. The lowest BCUT2D eigenvalue weighted by atomic mass is 10.0. The summed E-state index contributed by atoms with van der Waals surface area (Å²) < 4.78 is 0. The molecule has 2 rings (SSSR count). The maximum absolute atomic E-state index is 12.1. The quantitative estimate of drug-likeness (QED) is 0.615. The minimum absolute atomic E-state index is 0. The summed E-state index contributed by atoms with van der Waals surface area (Å²) in [5.74, 6) is 0.0496. The number of Topliss-reactive ketones (excluding diaryl/α,β-unsaturated/α-hetero) is 1. The van der Waals surface area contributed by atoms with Crippen LogP contribution in [0, 0.1) is 0 Å². The summed E-state index contributed by atoms with van der Waals surface area (Å²) in [5.41, 5.74) is 1.57. The first-order chi connectivity index (χ1) is 7.79. The number of aromatic nitrogens is 1. The zero-order valence-electron chi connectivity index (χ0n) is 8.92. The van der Waals surface area contributed by atoms with E-state index >= 15 is 0 Å². The van der Waals surface area contributed by atoms with Crippen molar-refractivity contribution < 1.29 is 4.79 Å². The number of hydrogen-bond acceptors (Lipinski definition) is 2. The van der Waals surface area contributed by atoms with E-state index in [1.165, 1.54) is 0 Å². The van der Waals surface area contributed by atoms with Crippen LogP contribution in [0.3, 0.4) is 0 Å². The minimum Gasteiger partial charge on any atom is -0.293 e. The van der Waals surface area contributed by atoms with Gasteiger partial charge in [-0.3, -0.25) is 9.78 Å². The van der Waals surface area contributed by atoms with Crippen LogP contribution in [0.5, 0.6) is 0 Å². The topological polar surface area (TPSA) is 30.0 Å². The summed E-state index contributed by atoms with van der Waals surface area (Å²) in [6.07, 6.45) is 3.39. The van der Waals surface area contributed by atoms with E-state index in [0.717, 1.165) is 5.56 Å². The number of alkyl halides is 1. The summed E-state index contributed by atoms with van der Waals surface area (Å²) in [5, 5.41) is 0. The van der Waals surface area contributed by atoms with Crippen molar-refractivity contribution in [3.63, 3.8) is 0 Å². The van der Waals surface area contributed by atoms with Gasteiger partial charge in [0.2, 0.25) is 0 Å². The second kappa shape index (κ2) is 6.67. The SMILES string of the molecule is Br.O=C(c1ccccc1)C(Br)c1cccnc1. The van der Waals surface area contributed by atoms with Crippen molar-refractivity contribution in [2.45, 2.75) is 4.83 Å². The van der Waals surface area contributed by atoms with Crippen LogP contribution in [0.1, 0.15) is 20.7 Å². The van der Waals surface area contributed by atoms with Crippen LogP contribution in [0.4, 0.5) is 0 Å². The fourth-order valence-corrected chi connectivity index (χ4v) is 1.96. The van der Waals surface area contributed by atoms with E-state index in [1.807, 2.05) is 42.5 Å². The largest absolute Gasteiger partial charge is 0.293 e. The third-order valence-electron chi connectivity index (χ3n) is 2.27. The second-order valence-corrected chi connectivity index (χ2v) is 4.29. The van der Waals surface area contributed by atoms with Crippen LogP contribution in [0.25, 0.3) is 0 Å². The molecule has 0 fully saturated rings.